The Morgan fingerprint density at radius 2 is 1.54 bits per heavy atom. The fourth-order valence-electron chi connectivity index (χ4n) is 2.72. The number of carbonyl (C=O) groups is 2. The molecule has 28 heavy (non-hydrogen) atoms. The van der Waals surface area contributed by atoms with Gasteiger partial charge in [0.05, 0.1) is 12.7 Å². The summed E-state index contributed by atoms with van der Waals surface area (Å²) < 4.78 is 4.67. The van der Waals surface area contributed by atoms with Crippen molar-refractivity contribution in [3.8, 4) is 0 Å². The molecule has 2 aromatic carbocycles. The minimum Gasteiger partial charge on any atom is -0.465 e. The number of carbonyl (C=O) groups excluding carboxylic acids is 2. The van der Waals surface area contributed by atoms with E-state index in [4.69, 9.17) is 0 Å². The molecule has 7 heteroatoms. The minimum absolute atomic E-state index is 0.214. The van der Waals surface area contributed by atoms with Crippen molar-refractivity contribution in [1.29, 1.82) is 0 Å². The maximum absolute atomic E-state index is 12.4. The van der Waals surface area contributed by atoms with Crippen molar-refractivity contribution in [2.45, 2.75) is 13.8 Å². The summed E-state index contributed by atoms with van der Waals surface area (Å²) in [5, 5.41) is 13.9. The predicted molar refractivity (Wildman–Crippen MR) is 107 cm³/mol. The standard InChI is InChI=1S/C21H20N4O3/c1-13-10-14(2)12-17(11-13)23-20(26)18-8-9-19(25-24-18)22-16-6-4-15(5-7-16)21(27)28-3/h4-12H,1-3H3,(H,22,25)(H,23,26). The number of aryl methyl sites for hydroxylation is 2. The third-order valence-electron chi connectivity index (χ3n) is 3.96. The minimum atomic E-state index is -0.398. The van der Waals surface area contributed by atoms with E-state index >= 15 is 0 Å². The molecule has 0 radical (unpaired) electrons. The zero-order chi connectivity index (χ0) is 20.1. The topological polar surface area (TPSA) is 93.2 Å². The van der Waals surface area contributed by atoms with Crippen LogP contribution in [0.4, 0.5) is 17.2 Å². The van der Waals surface area contributed by atoms with Crippen LogP contribution in [0.3, 0.4) is 0 Å². The summed E-state index contributed by atoms with van der Waals surface area (Å²) in [6.45, 7) is 3.95. The molecular formula is C21H20N4O3. The highest BCUT2D eigenvalue weighted by Gasteiger charge is 2.10. The number of amides is 1. The van der Waals surface area contributed by atoms with Crippen molar-refractivity contribution in [2.24, 2.45) is 0 Å². The van der Waals surface area contributed by atoms with Crippen LogP contribution in [0.15, 0.2) is 54.6 Å². The van der Waals surface area contributed by atoms with E-state index < -0.39 is 5.97 Å². The van der Waals surface area contributed by atoms with Crippen LogP contribution in [0.1, 0.15) is 32.0 Å². The van der Waals surface area contributed by atoms with Crippen molar-refractivity contribution in [1.82, 2.24) is 10.2 Å². The van der Waals surface area contributed by atoms with Gasteiger partial charge in [0.15, 0.2) is 11.5 Å². The van der Waals surface area contributed by atoms with Gasteiger partial charge in [-0.05, 0) is 73.5 Å². The predicted octanol–water partition coefficient (Wildman–Crippen LogP) is 3.88. The first-order valence-corrected chi connectivity index (χ1v) is 8.63. The zero-order valence-electron chi connectivity index (χ0n) is 15.8. The summed E-state index contributed by atoms with van der Waals surface area (Å²) in [7, 11) is 1.34. The monoisotopic (exact) mass is 376 g/mol. The molecule has 0 saturated heterocycles. The summed E-state index contributed by atoms with van der Waals surface area (Å²) in [4.78, 5) is 23.8. The zero-order valence-corrected chi connectivity index (χ0v) is 15.8. The molecule has 1 heterocycles. The van der Waals surface area contributed by atoms with Crippen LogP contribution in [0.25, 0.3) is 0 Å². The van der Waals surface area contributed by atoms with Gasteiger partial charge in [0.2, 0.25) is 0 Å². The molecule has 3 rings (SSSR count). The van der Waals surface area contributed by atoms with Gasteiger partial charge in [-0.25, -0.2) is 4.79 Å². The van der Waals surface area contributed by atoms with Gasteiger partial charge in [-0.15, -0.1) is 10.2 Å². The molecule has 0 aliphatic carbocycles. The van der Waals surface area contributed by atoms with E-state index in [1.165, 1.54) is 7.11 Å². The van der Waals surface area contributed by atoms with Gasteiger partial charge in [0.1, 0.15) is 0 Å². The number of anilines is 3. The molecule has 0 bridgehead atoms. The number of rotatable bonds is 5. The number of aromatic nitrogens is 2. The Bertz CT molecular complexity index is 979. The van der Waals surface area contributed by atoms with Crippen LogP contribution in [0.5, 0.6) is 0 Å². The van der Waals surface area contributed by atoms with E-state index in [-0.39, 0.29) is 11.6 Å². The quantitative estimate of drug-likeness (QED) is 0.657. The number of nitrogens with zero attached hydrogens (tertiary/aromatic N) is 2. The van der Waals surface area contributed by atoms with E-state index in [0.29, 0.717) is 11.4 Å². The molecule has 142 valence electrons. The molecule has 0 unspecified atom stereocenters. The number of hydrogen-bond acceptors (Lipinski definition) is 6. The Hall–Kier alpha value is -3.74. The number of methoxy groups -OCH3 is 1. The number of benzene rings is 2. The van der Waals surface area contributed by atoms with Crippen molar-refractivity contribution >= 4 is 29.1 Å². The lowest BCUT2D eigenvalue weighted by Crippen LogP contribution is -2.14. The van der Waals surface area contributed by atoms with Gasteiger partial charge < -0.3 is 15.4 Å². The maximum Gasteiger partial charge on any atom is 0.337 e. The van der Waals surface area contributed by atoms with Crippen LogP contribution >= 0.6 is 0 Å². The second kappa shape index (κ2) is 8.30. The summed E-state index contributed by atoms with van der Waals surface area (Å²) in [5.41, 5.74) is 4.26. The smallest absolute Gasteiger partial charge is 0.337 e. The normalized spacial score (nSPS) is 10.2. The molecule has 0 aliphatic heterocycles. The average molecular weight is 376 g/mol. The summed E-state index contributed by atoms with van der Waals surface area (Å²) in [5.74, 6) is -0.245. The molecule has 0 fully saturated rings. The van der Waals surface area contributed by atoms with Crippen molar-refractivity contribution < 1.29 is 14.3 Å². The van der Waals surface area contributed by atoms with E-state index in [9.17, 15) is 9.59 Å². The lowest BCUT2D eigenvalue weighted by molar-refractivity contribution is 0.0600. The summed E-state index contributed by atoms with van der Waals surface area (Å²) in [6.07, 6.45) is 0. The van der Waals surface area contributed by atoms with Gasteiger partial charge in [0, 0.05) is 11.4 Å². The molecular weight excluding hydrogens is 356 g/mol. The van der Waals surface area contributed by atoms with E-state index in [1.807, 2.05) is 32.0 Å². The van der Waals surface area contributed by atoms with Gasteiger partial charge in [0.25, 0.3) is 5.91 Å². The van der Waals surface area contributed by atoms with Gasteiger partial charge in [-0.2, -0.15) is 0 Å². The highest BCUT2D eigenvalue weighted by atomic mass is 16.5. The SMILES string of the molecule is COC(=O)c1ccc(Nc2ccc(C(=O)Nc3cc(C)cc(C)c3)nn2)cc1. The Morgan fingerprint density at radius 3 is 2.11 bits per heavy atom. The fourth-order valence-corrected chi connectivity index (χ4v) is 2.72. The lowest BCUT2D eigenvalue weighted by atomic mass is 10.1. The molecule has 1 amide bonds. The maximum atomic E-state index is 12.4. The molecule has 2 N–H and O–H groups in total. The third-order valence-corrected chi connectivity index (χ3v) is 3.96. The van der Waals surface area contributed by atoms with E-state index in [0.717, 1.165) is 22.5 Å². The van der Waals surface area contributed by atoms with E-state index in [1.54, 1.807) is 36.4 Å². The molecule has 3 aromatic rings. The number of nitrogens with one attached hydrogen (secondary N) is 2. The van der Waals surface area contributed by atoms with Crippen LogP contribution in [0, 0.1) is 13.8 Å². The molecule has 7 nitrogen and oxygen atoms in total. The Balaban J connectivity index is 1.65. The van der Waals surface area contributed by atoms with Crippen LogP contribution in [-0.2, 0) is 4.74 Å². The molecule has 0 aliphatic rings. The van der Waals surface area contributed by atoms with Crippen LogP contribution in [0.2, 0.25) is 0 Å². The van der Waals surface area contributed by atoms with E-state index in [2.05, 4.69) is 25.6 Å². The van der Waals surface area contributed by atoms with Crippen molar-refractivity contribution in [3.05, 3.63) is 77.0 Å². The lowest BCUT2D eigenvalue weighted by Gasteiger charge is -2.08. The first-order valence-electron chi connectivity index (χ1n) is 8.63. The molecule has 0 atom stereocenters. The first kappa shape index (κ1) is 19.0. The Labute approximate surface area is 162 Å². The molecule has 0 spiro atoms. The Kier molecular flexibility index (Phi) is 5.64. The number of ether oxygens (including phenoxy) is 1. The Morgan fingerprint density at radius 1 is 0.857 bits per heavy atom. The van der Waals surface area contributed by atoms with Gasteiger partial charge in [-0.1, -0.05) is 6.07 Å². The number of esters is 1. The molecule has 0 saturated carbocycles. The highest BCUT2D eigenvalue weighted by Crippen LogP contribution is 2.17. The number of hydrogen-bond donors (Lipinski definition) is 2. The van der Waals surface area contributed by atoms with Gasteiger partial charge >= 0.3 is 5.97 Å². The second-order valence-corrected chi connectivity index (χ2v) is 6.33. The van der Waals surface area contributed by atoms with Crippen LogP contribution < -0.4 is 10.6 Å². The summed E-state index contributed by atoms with van der Waals surface area (Å²) >= 11 is 0. The average Bonchev–Trinajstić information content (AvgIpc) is 2.67. The van der Waals surface area contributed by atoms with Gasteiger partial charge in [-0.3, -0.25) is 4.79 Å². The fraction of sp³-hybridized carbons (Fsp3) is 0.143. The molecule has 1 aromatic heterocycles. The highest BCUT2D eigenvalue weighted by molar-refractivity contribution is 6.02. The third kappa shape index (κ3) is 4.70. The van der Waals surface area contributed by atoms with Crippen LogP contribution in [-0.4, -0.2) is 29.2 Å². The van der Waals surface area contributed by atoms with Crippen molar-refractivity contribution in [2.75, 3.05) is 17.7 Å². The summed E-state index contributed by atoms with van der Waals surface area (Å²) in [6, 6.07) is 15.8. The van der Waals surface area contributed by atoms with Crippen molar-refractivity contribution in [3.63, 3.8) is 0 Å². The largest absolute Gasteiger partial charge is 0.465 e. The first-order chi connectivity index (χ1) is 13.4. The second-order valence-electron chi connectivity index (χ2n) is 6.33.